The summed E-state index contributed by atoms with van der Waals surface area (Å²) in [5.74, 6) is 1.00. The van der Waals surface area contributed by atoms with Crippen LogP contribution >= 0.6 is 0 Å². The molecule has 3 aromatic heterocycles. The van der Waals surface area contributed by atoms with Gasteiger partial charge in [0.15, 0.2) is 0 Å². The Balaban J connectivity index is 0.779. The van der Waals surface area contributed by atoms with Gasteiger partial charge in [0.1, 0.15) is 11.3 Å². The largest absolute Gasteiger partial charge is 0.456 e. The summed E-state index contributed by atoms with van der Waals surface area (Å²) in [4.78, 5) is 0. The highest BCUT2D eigenvalue weighted by molar-refractivity contribution is 6.11. The smallest absolute Gasteiger partial charge is 0.142 e. The van der Waals surface area contributed by atoms with Gasteiger partial charge in [0, 0.05) is 61.1 Å². The summed E-state index contributed by atoms with van der Waals surface area (Å²) in [6.07, 6.45) is 24.7. The zero-order valence-corrected chi connectivity index (χ0v) is 39.2. The first kappa shape index (κ1) is 39.9. The standard InChI is InChI=1S/C67H50N2O/c1-10-38-67(39-11-1,46-28-32-48(33-29-46)68-61-23-7-4-16-54(61)59-41-44(26-36-63(59)68)51-19-12-21-53-50-15-3-2-14-43(50)40-58(51)53)47-30-34-49(35-31-47)69-62-24-8-5-17-55(62)60-42-45(27-37-64(60)69)52-20-13-22-57-56-18-6-9-25-65(56)70-66(52)57/h2,4,7,9,12-14,16-17,19-37,41-42H,1,3,6,10-11,15,18,38-40H2. The average molecular weight is 899 g/mol. The minimum Gasteiger partial charge on any atom is -0.456 e. The molecule has 0 aliphatic heterocycles. The first-order valence-electron chi connectivity index (χ1n) is 25.5. The summed E-state index contributed by atoms with van der Waals surface area (Å²) >= 11 is 0. The topological polar surface area (TPSA) is 23.0 Å². The van der Waals surface area contributed by atoms with Crippen LogP contribution < -0.4 is 0 Å². The van der Waals surface area contributed by atoms with Gasteiger partial charge in [-0.15, -0.1) is 0 Å². The summed E-state index contributed by atoms with van der Waals surface area (Å²) < 4.78 is 11.4. The molecule has 15 rings (SSSR count). The minimum absolute atomic E-state index is 0.0504. The van der Waals surface area contributed by atoms with E-state index in [0.717, 1.165) is 78.8 Å². The molecule has 0 atom stereocenters. The number of furan rings is 1. The van der Waals surface area contributed by atoms with Crippen LogP contribution in [0.4, 0.5) is 0 Å². The summed E-state index contributed by atoms with van der Waals surface area (Å²) in [6, 6.07) is 55.7. The summed E-state index contributed by atoms with van der Waals surface area (Å²) in [5, 5.41) is 5.03. The quantitative estimate of drug-likeness (QED) is 0.153. The number of nitrogens with zero attached hydrogens (tertiary/aromatic N) is 2. The Hall–Kier alpha value is -8.06. The lowest BCUT2D eigenvalue weighted by Crippen LogP contribution is -2.30. The monoisotopic (exact) mass is 898 g/mol. The summed E-state index contributed by atoms with van der Waals surface area (Å²) in [5.41, 5.74) is 30.9. The predicted octanol–water partition coefficient (Wildman–Crippen LogP) is 17.5. The van der Waals surface area contributed by atoms with Crippen LogP contribution in [-0.4, -0.2) is 9.13 Å². The summed E-state index contributed by atoms with van der Waals surface area (Å²) in [6.45, 7) is 0. The Labute approximate surface area is 408 Å². The number of aryl methyl sites for hydroxylation is 1. The normalized spacial score (nSPS) is 16.5. The molecule has 70 heavy (non-hydrogen) atoms. The fourth-order valence-corrected chi connectivity index (χ4v) is 13.4. The third kappa shape index (κ3) is 5.90. The molecule has 0 unspecified atom stereocenters. The second-order valence-electron chi connectivity index (χ2n) is 20.3. The molecular weight excluding hydrogens is 849 g/mol. The number of aromatic nitrogens is 2. The molecule has 0 radical (unpaired) electrons. The highest BCUT2D eigenvalue weighted by Crippen LogP contribution is 2.48. The number of allylic oxidation sites excluding steroid dienone is 5. The van der Waals surface area contributed by atoms with E-state index in [1.807, 2.05) is 0 Å². The van der Waals surface area contributed by atoms with Crippen LogP contribution in [0.1, 0.15) is 96.2 Å². The Morgan fingerprint density at radius 1 is 0.500 bits per heavy atom. The van der Waals surface area contributed by atoms with Gasteiger partial charge in [-0.2, -0.15) is 0 Å². The lowest BCUT2D eigenvalue weighted by Gasteiger charge is -2.39. The van der Waals surface area contributed by atoms with Gasteiger partial charge in [0.05, 0.1) is 22.2 Å². The van der Waals surface area contributed by atoms with Gasteiger partial charge in [0.2, 0.25) is 0 Å². The molecule has 5 aliphatic rings. The van der Waals surface area contributed by atoms with Crippen LogP contribution in [0.3, 0.4) is 0 Å². The molecule has 1 saturated carbocycles. The van der Waals surface area contributed by atoms with E-state index in [2.05, 4.69) is 203 Å². The van der Waals surface area contributed by atoms with E-state index >= 15 is 0 Å². The third-order valence-corrected chi connectivity index (χ3v) is 16.7. The zero-order chi connectivity index (χ0) is 45.9. The number of benzene rings is 7. The van der Waals surface area contributed by atoms with Crippen LogP contribution in [0, 0.1) is 0 Å². The molecule has 334 valence electrons. The molecule has 0 spiro atoms. The predicted molar refractivity (Wildman–Crippen MR) is 291 cm³/mol. The summed E-state index contributed by atoms with van der Waals surface area (Å²) in [7, 11) is 0. The van der Waals surface area contributed by atoms with Crippen molar-refractivity contribution >= 4 is 67.5 Å². The van der Waals surface area contributed by atoms with Crippen LogP contribution in [0.5, 0.6) is 0 Å². The van der Waals surface area contributed by atoms with Crippen molar-refractivity contribution in [2.45, 2.75) is 69.6 Å². The highest BCUT2D eigenvalue weighted by atomic mass is 16.3. The van der Waals surface area contributed by atoms with Gasteiger partial charge in [-0.1, -0.05) is 140 Å². The Morgan fingerprint density at radius 3 is 2.00 bits per heavy atom. The van der Waals surface area contributed by atoms with Crippen molar-refractivity contribution in [1.29, 1.82) is 0 Å². The second-order valence-corrected chi connectivity index (χ2v) is 20.3. The molecule has 0 saturated heterocycles. The molecule has 1 fully saturated rings. The van der Waals surface area contributed by atoms with Crippen molar-refractivity contribution < 1.29 is 4.42 Å². The number of rotatable bonds is 6. The number of para-hydroxylation sites is 2. The molecular formula is C67H50N2O. The van der Waals surface area contributed by atoms with Crippen LogP contribution in [0.25, 0.3) is 101 Å². The maximum absolute atomic E-state index is 6.54. The molecule has 3 nitrogen and oxygen atoms in total. The van der Waals surface area contributed by atoms with Gasteiger partial charge in [-0.3, -0.25) is 0 Å². The first-order chi connectivity index (χ1) is 34.7. The number of hydrogen-bond donors (Lipinski definition) is 0. The fraction of sp³-hybridized carbons (Fsp3) is 0.164. The second kappa shape index (κ2) is 15.5. The molecule has 10 aromatic rings. The van der Waals surface area contributed by atoms with E-state index in [1.54, 1.807) is 5.57 Å². The van der Waals surface area contributed by atoms with E-state index in [-0.39, 0.29) is 5.41 Å². The van der Waals surface area contributed by atoms with E-state index in [1.165, 1.54) is 113 Å². The van der Waals surface area contributed by atoms with E-state index in [0.29, 0.717) is 0 Å². The Morgan fingerprint density at radius 2 is 1.16 bits per heavy atom. The van der Waals surface area contributed by atoms with Crippen molar-refractivity contribution in [2.24, 2.45) is 0 Å². The Bertz CT molecular complexity index is 4060. The van der Waals surface area contributed by atoms with Crippen LogP contribution in [0.15, 0.2) is 185 Å². The van der Waals surface area contributed by atoms with Gasteiger partial charge in [0.25, 0.3) is 0 Å². The lowest BCUT2D eigenvalue weighted by atomic mass is 9.65. The molecule has 0 N–H and O–H groups in total. The fourth-order valence-electron chi connectivity index (χ4n) is 13.4. The van der Waals surface area contributed by atoms with Gasteiger partial charge >= 0.3 is 0 Å². The first-order valence-corrected chi connectivity index (χ1v) is 25.5. The van der Waals surface area contributed by atoms with E-state index < -0.39 is 0 Å². The number of fused-ring (bicyclic) bond motifs is 11. The van der Waals surface area contributed by atoms with Gasteiger partial charge < -0.3 is 13.6 Å². The molecule has 7 aromatic carbocycles. The molecule has 0 bridgehead atoms. The minimum atomic E-state index is -0.0504. The number of hydrogen-bond acceptors (Lipinski definition) is 1. The molecule has 0 amide bonds. The zero-order valence-electron chi connectivity index (χ0n) is 39.2. The SMILES string of the molecule is C1=C=Cc2c(c3cc(-c4cccc5c6c(oc45)C=CCC6)ccc3n2-c2ccc(C3(c4ccc(-n5c6ccccc6c6cc(-c7cccc8c7CC7=C8CCC=C7)ccc65)cc4)CCCCC3)cc2)C=1. The van der Waals surface area contributed by atoms with E-state index in [9.17, 15) is 0 Å². The van der Waals surface area contributed by atoms with Crippen molar-refractivity contribution in [3.05, 3.63) is 226 Å². The van der Waals surface area contributed by atoms with Gasteiger partial charge in [-0.25, -0.2) is 0 Å². The van der Waals surface area contributed by atoms with E-state index in [4.69, 9.17) is 4.42 Å². The van der Waals surface area contributed by atoms with Crippen LogP contribution in [-0.2, 0) is 18.3 Å². The molecule has 3 heteroatoms. The van der Waals surface area contributed by atoms with Gasteiger partial charge in [-0.05, 0) is 162 Å². The van der Waals surface area contributed by atoms with Crippen molar-refractivity contribution in [1.82, 2.24) is 9.13 Å². The van der Waals surface area contributed by atoms with Crippen LogP contribution in [0.2, 0.25) is 0 Å². The Kier molecular flexibility index (Phi) is 8.82. The lowest BCUT2D eigenvalue weighted by molar-refractivity contribution is 0.346. The van der Waals surface area contributed by atoms with Crippen molar-refractivity contribution in [3.63, 3.8) is 0 Å². The van der Waals surface area contributed by atoms with Crippen molar-refractivity contribution in [2.75, 3.05) is 0 Å². The third-order valence-electron chi connectivity index (χ3n) is 16.7. The van der Waals surface area contributed by atoms with Crippen molar-refractivity contribution in [3.8, 4) is 33.6 Å². The maximum atomic E-state index is 6.54. The molecule has 3 heterocycles. The highest BCUT2D eigenvalue weighted by Gasteiger charge is 2.36. The molecule has 5 aliphatic carbocycles. The average Bonchev–Trinajstić information content (AvgIpc) is 4.19. The maximum Gasteiger partial charge on any atom is 0.142 e.